The zero-order valence-electron chi connectivity index (χ0n) is 16.5. The van der Waals surface area contributed by atoms with Crippen molar-refractivity contribution < 1.29 is 14.0 Å². The SMILES string of the molecule is OCCN1CCC2Cc3c(-c4noc(-c5nc6n(c5F)C=CCC6)n4)cccc3C21. The molecule has 2 unspecified atom stereocenters. The van der Waals surface area contributed by atoms with Crippen LogP contribution in [0.5, 0.6) is 0 Å². The van der Waals surface area contributed by atoms with Gasteiger partial charge in [0, 0.05) is 30.8 Å². The largest absolute Gasteiger partial charge is 0.395 e. The molecule has 4 heterocycles. The van der Waals surface area contributed by atoms with Gasteiger partial charge in [-0.3, -0.25) is 9.47 Å². The number of β-amino-alcohol motifs (C(OH)–C–C–N with tert-alkyl or cyclic N) is 1. The van der Waals surface area contributed by atoms with Gasteiger partial charge in [-0.15, -0.1) is 0 Å². The summed E-state index contributed by atoms with van der Waals surface area (Å²) in [5, 5.41) is 13.6. The number of nitrogens with zero attached hydrogens (tertiary/aromatic N) is 5. The van der Waals surface area contributed by atoms with Crippen molar-refractivity contribution in [1.29, 1.82) is 0 Å². The zero-order chi connectivity index (χ0) is 20.2. The van der Waals surface area contributed by atoms with Crippen molar-refractivity contribution in [2.45, 2.75) is 31.7 Å². The van der Waals surface area contributed by atoms with Crippen molar-refractivity contribution in [3.05, 3.63) is 47.2 Å². The van der Waals surface area contributed by atoms with E-state index in [1.807, 2.05) is 18.2 Å². The zero-order valence-corrected chi connectivity index (χ0v) is 16.5. The van der Waals surface area contributed by atoms with Gasteiger partial charge in [-0.2, -0.15) is 9.37 Å². The Kier molecular flexibility index (Phi) is 4.10. The first-order valence-electron chi connectivity index (χ1n) is 10.5. The minimum Gasteiger partial charge on any atom is -0.395 e. The maximum atomic E-state index is 14.8. The Balaban J connectivity index is 1.37. The number of hydrogen-bond donors (Lipinski definition) is 1. The predicted molar refractivity (Wildman–Crippen MR) is 108 cm³/mol. The Morgan fingerprint density at radius 1 is 1.27 bits per heavy atom. The number of likely N-dealkylation sites (tertiary alicyclic amines) is 1. The molecule has 3 aliphatic rings. The number of benzene rings is 1. The van der Waals surface area contributed by atoms with Crippen LogP contribution in [0.15, 0.2) is 28.8 Å². The molecule has 1 aliphatic carbocycles. The summed E-state index contributed by atoms with van der Waals surface area (Å²) in [6.45, 7) is 1.88. The highest BCUT2D eigenvalue weighted by Gasteiger charge is 2.42. The molecule has 1 aromatic carbocycles. The Bertz CT molecular complexity index is 1150. The van der Waals surface area contributed by atoms with E-state index >= 15 is 0 Å². The maximum Gasteiger partial charge on any atom is 0.281 e. The van der Waals surface area contributed by atoms with E-state index in [9.17, 15) is 9.50 Å². The molecular weight excluding hydrogens is 385 g/mol. The van der Waals surface area contributed by atoms with Gasteiger partial charge in [-0.1, -0.05) is 29.4 Å². The Hall–Kier alpha value is -2.84. The number of halogens is 1. The Labute approximate surface area is 172 Å². The van der Waals surface area contributed by atoms with Crippen LogP contribution in [0, 0.1) is 11.9 Å². The molecule has 2 atom stereocenters. The number of hydrogen-bond acceptors (Lipinski definition) is 6. The first kappa shape index (κ1) is 18.0. The number of aryl methyl sites for hydroxylation is 1. The molecule has 2 aliphatic heterocycles. The summed E-state index contributed by atoms with van der Waals surface area (Å²) < 4.78 is 21.7. The van der Waals surface area contributed by atoms with Crippen molar-refractivity contribution in [3.63, 3.8) is 0 Å². The number of allylic oxidation sites excluding steroid dienone is 1. The van der Waals surface area contributed by atoms with Crippen LogP contribution in [0.4, 0.5) is 4.39 Å². The molecule has 2 aromatic heterocycles. The minimum absolute atomic E-state index is 0.105. The number of fused-ring (bicyclic) bond motifs is 4. The molecule has 0 spiro atoms. The molecule has 0 bridgehead atoms. The molecule has 1 N–H and O–H groups in total. The maximum absolute atomic E-state index is 14.8. The van der Waals surface area contributed by atoms with E-state index in [1.54, 1.807) is 6.20 Å². The smallest absolute Gasteiger partial charge is 0.281 e. The van der Waals surface area contributed by atoms with Gasteiger partial charge in [0.1, 0.15) is 5.82 Å². The van der Waals surface area contributed by atoms with E-state index in [-0.39, 0.29) is 18.2 Å². The molecule has 3 aromatic rings. The normalized spacial score (nSPS) is 22.3. The Morgan fingerprint density at radius 2 is 2.20 bits per heavy atom. The van der Waals surface area contributed by atoms with Crippen LogP contribution < -0.4 is 0 Å². The van der Waals surface area contributed by atoms with Gasteiger partial charge in [-0.25, -0.2) is 4.98 Å². The fourth-order valence-electron chi connectivity index (χ4n) is 5.29. The molecule has 0 saturated carbocycles. The number of aromatic nitrogens is 4. The van der Waals surface area contributed by atoms with Crippen LogP contribution in [0.25, 0.3) is 29.2 Å². The van der Waals surface area contributed by atoms with E-state index in [1.165, 1.54) is 15.7 Å². The third kappa shape index (κ3) is 2.60. The highest BCUT2D eigenvalue weighted by Crippen LogP contribution is 2.48. The number of aliphatic hydroxyl groups excluding tert-OH is 1. The molecule has 8 heteroatoms. The van der Waals surface area contributed by atoms with Crippen LogP contribution in [-0.2, 0) is 12.8 Å². The third-order valence-corrected chi connectivity index (χ3v) is 6.60. The van der Waals surface area contributed by atoms with Crippen LogP contribution in [0.2, 0.25) is 0 Å². The monoisotopic (exact) mass is 407 g/mol. The molecule has 1 saturated heterocycles. The van der Waals surface area contributed by atoms with Gasteiger partial charge < -0.3 is 9.63 Å². The lowest BCUT2D eigenvalue weighted by Gasteiger charge is -2.24. The van der Waals surface area contributed by atoms with E-state index in [2.05, 4.69) is 26.1 Å². The van der Waals surface area contributed by atoms with Gasteiger partial charge in [0.15, 0.2) is 5.69 Å². The fourth-order valence-corrected chi connectivity index (χ4v) is 5.29. The molecular formula is C22H22FN5O2. The van der Waals surface area contributed by atoms with Gasteiger partial charge in [-0.05, 0) is 42.9 Å². The van der Waals surface area contributed by atoms with Crippen molar-refractivity contribution in [2.24, 2.45) is 5.92 Å². The van der Waals surface area contributed by atoms with Crippen molar-refractivity contribution in [2.75, 3.05) is 19.7 Å². The average Bonchev–Trinajstić information content (AvgIpc) is 3.52. The second kappa shape index (κ2) is 6.85. The number of rotatable bonds is 4. The van der Waals surface area contributed by atoms with Crippen molar-refractivity contribution in [3.8, 4) is 23.0 Å². The summed E-state index contributed by atoms with van der Waals surface area (Å²) in [4.78, 5) is 11.3. The summed E-state index contributed by atoms with van der Waals surface area (Å²) in [6.07, 6.45) is 7.23. The topological polar surface area (TPSA) is 80.2 Å². The summed E-state index contributed by atoms with van der Waals surface area (Å²) >= 11 is 0. The first-order valence-corrected chi connectivity index (χ1v) is 10.5. The molecule has 30 heavy (non-hydrogen) atoms. The number of aliphatic hydroxyl groups is 1. The van der Waals surface area contributed by atoms with Crippen molar-refractivity contribution >= 4 is 6.20 Å². The van der Waals surface area contributed by atoms with E-state index in [4.69, 9.17) is 4.52 Å². The highest BCUT2D eigenvalue weighted by molar-refractivity contribution is 5.66. The van der Waals surface area contributed by atoms with Gasteiger partial charge in [0.05, 0.1) is 6.61 Å². The van der Waals surface area contributed by atoms with Gasteiger partial charge >= 0.3 is 0 Å². The first-order chi connectivity index (χ1) is 14.7. The lowest BCUT2D eigenvalue weighted by Crippen LogP contribution is -2.26. The molecule has 7 nitrogen and oxygen atoms in total. The minimum atomic E-state index is -0.469. The second-order valence-corrected chi connectivity index (χ2v) is 8.21. The molecule has 1 fully saturated rings. The van der Waals surface area contributed by atoms with E-state index in [0.29, 0.717) is 36.6 Å². The second-order valence-electron chi connectivity index (χ2n) is 8.21. The van der Waals surface area contributed by atoms with Crippen LogP contribution >= 0.6 is 0 Å². The van der Waals surface area contributed by atoms with Crippen LogP contribution in [0.1, 0.15) is 35.8 Å². The predicted octanol–water partition coefficient (Wildman–Crippen LogP) is 3.07. The lowest BCUT2D eigenvalue weighted by molar-refractivity contribution is 0.177. The van der Waals surface area contributed by atoms with E-state index < -0.39 is 5.95 Å². The standard InChI is InChI=1S/C22H22FN5O2/c23-20-18(24-17-6-1-2-8-28(17)20)22-25-21(26-30-22)15-5-3-4-14-16(15)12-13-7-9-27(10-11-29)19(13)14/h2-5,8,13,19,29H,1,6-7,9-12H2. The van der Waals surface area contributed by atoms with Crippen LogP contribution in [0.3, 0.4) is 0 Å². The summed E-state index contributed by atoms with van der Waals surface area (Å²) in [6, 6.07) is 6.52. The summed E-state index contributed by atoms with van der Waals surface area (Å²) in [5.41, 5.74) is 3.55. The quantitative estimate of drug-likeness (QED) is 0.716. The molecule has 154 valence electrons. The molecule has 6 rings (SSSR count). The van der Waals surface area contributed by atoms with Gasteiger partial charge in [0.2, 0.25) is 11.8 Å². The van der Waals surface area contributed by atoms with Crippen LogP contribution in [-0.4, -0.2) is 49.4 Å². The fraction of sp³-hybridized carbons (Fsp3) is 0.409. The van der Waals surface area contributed by atoms with Crippen molar-refractivity contribution in [1.82, 2.24) is 24.6 Å². The lowest BCUT2D eigenvalue weighted by atomic mass is 10.0. The third-order valence-electron chi connectivity index (χ3n) is 6.60. The average molecular weight is 407 g/mol. The summed E-state index contributed by atoms with van der Waals surface area (Å²) in [7, 11) is 0. The highest BCUT2D eigenvalue weighted by atomic mass is 19.1. The molecule has 0 radical (unpaired) electrons. The Morgan fingerprint density at radius 3 is 3.07 bits per heavy atom. The molecule has 0 amide bonds. The number of imidazole rings is 1. The van der Waals surface area contributed by atoms with E-state index in [0.717, 1.165) is 31.4 Å². The summed E-state index contributed by atoms with van der Waals surface area (Å²) in [5.74, 6) is 1.32. The van der Waals surface area contributed by atoms with Gasteiger partial charge in [0.25, 0.3) is 5.89 Å².